The summed E-state index contributed by atoms with van der Waals surface area (Å²) in [7, 11) is 1.31. The maximum atomic E-state index is 10.8. The number of ether oxygens (including phenoxy) is 1. The van der Waals surface area contributed by atoms with Gasteiger partial charge in [-0.05, 0) is 12.8 Å². The number of hydrogen-bond acceptors (Lipinski definition) is 6. The first kappa shape index (κ1) is 16.7. The number of rotatable bonds is 10. The molecule has 104 valence electrons. The second-order valence-electron chi connectivity index (χ2n) is 3.66. The molecule has 0 amide bonds. The Bertz CT molecular complexity index is 296. The van der Waals surface area contributed by atoms with Gasteiger partial charge in [0.2, 0.25) is 6.54 Å². The van der Waals surface area contributed by atoms with Crippen LogP contribution in [0.3, 0.4) is 0 Å². The van der Waals surface area contributed by atoms with E-state index < -0.39 is 10.9 Å². The molecule has 0 bridgehead atoms. The standard InChI is InChI=1S/C10H17NO6S/c1-17-10(14)5-3-2-4-8(6-11(15)16)18-7-9(12)13/h8H,2-7H2,1H3,(H,12,13). The first-order chi connectivity index (χ1) is 8.45. The highest BCUT2D eigenvalue weighted by atomic mass is 32.2. The zero-order valence-corrected chi connectivity index (χ0v) is 11.0. The van der Waals surface area contributed by atoms with E-state index in [1.54, 1.807) is 0 Å². The van der Waals surface area contributed by atoms with Gasteiger partial charge in [0.05, 0.1) is 18.1 Å². The normalized spacial score (nSPS) is 11.8. The SMILES string of the molecule is COC(=O)CCCCC(C[N+](=O)[O-])SCC(=O)O. The van der Waals surface area contributed by atoms with Gasteiger partial charge in [0.15, 0.2) is 0 Å². The van der Waals surface area contributed by atoms with Crippen LogP contribution in [0.2, 0.25) is 0 Å². The van der Waals surface area contributed by atoms with Crippen LogP contribution in [0, 0.1) is 10.1 Å². The molecule has 0 heterocycles. The van der Waals surface area contributed by atoms with Crippen molar-refractivity contribution < 1.29 is 24.4 Å². The lowest BCUT2D eigenvalue weighted by molar-refractivity contribution is -0.479. The third-order valence-corrected chi connectivity index (χ3v) is 3.45. The van der Waals surface area contributed by atoms with Gasteiger partial charge in [-0.25, -0.2) is 0 Å². The van der Waals surface area contributed by atoms with Gasteiger partial charge >= 0.3 is 11.9 Å². The molecule has 8 heteroatoms. The molecule has 0 aromatic heterocycles. The predicted octanol–water partition coefficient (Wildman–Crippen LogP) is 1.18. The van der Waals surface area contributed by atoms with Crippen molar-refractivity contribution in [3.8, 4) is 0 Å². The number of carbonyl (C=O) groups excluding carboxylic acids is 1. The lowest BCUT2D eigenvalue weighted by Gasteiger charge is -2.10. The zero-order valence-electron chi connectivity index (χ0n) is 10.2. The number of carbonyl (C=O) groups is 2. The fraction of sp³-hybridized carbons (Fsp3) is 0.800. The Labute approximate surface area is 109 Å². The minimum absolute atomic E-state index is 0.143. The minimum atomic E-state index is -0.983. The number of aliphatic carboxylic acids is 1. The molecule has 0 radical (unpaired) electrons. The van der Waals surface area contributed by atoms with Crippen molar-refractivity contribution in [2.45, 2.75) is 30.9 Å². The molecule has 0 rings (SSSR count). The van der Waals surface area contributed by atoms with Crippen molar-refractivity contribution in [2.24, 2.45) is 0 Å². The summed E-state index contributed by atoms with van der Waals surface area (Å²) in [5, 5.41) is 18.6. The lowest BCUT2D eigenvalue weighted by Crippen LogP contribution is -2.18. The second-order valence-corrected chi connectivity index (χ2v) is 4.95. The molecule has 0 aliphatic rings. The number of hydrogen-bond donors (Lipinski definition) is 1. The number of thioether (sulfide) groups is 1. The Morgan fingerprint density at radius 2 is 2.11 bits per heavy atom. The van der Waals surface area contributed by atoms with E-state index in [1.165, 1.54) is 7.11 Å². The molecule has 1 unspecified atom stereocenters. The Hall–Kier alpha value is -1.31. The third-order valence-electron chi connectivity index (χ3n) is 2.18. The molecular formula is C10H17NO6S. The molecule has 7 nitrogen and oxygen atoms in total. The summed E-state index contributed by atoms with van der Waals surface area (Å²) < 4.78 is 4.47. The van der Waals surface area contributed by atoms with Crippen molar-refractivity contribution in [1.29, 1.82) is 0 Å². The van der Waals surface area contributed by atoms with Gasteiger partial charge in [-0.15, -0.1) is 11.8 Å². The van der Waals surface area contributed by atoms with Crippen LogP contribution in [0.5, 0.6) is 0 Å². The van der Waals surface area contributed by atoms with Gasteiger partial charge in [-0.2, -0.15) is 0 Å². The minimum Gasteiger partial charge on any atom is -0.481 e. The number of methoxy groups -OCH3 is 1. The summed E-state index contributed by atoms with van der Waals surface area (Å²) in [6, 6.07) is 0. The van der Waals surface area contributed by atoms with E-state index in [9.17, 15) is 19.7 Å². The highest BCUT2D eigenvalue weighted by Gasteiger charge is 2.17. The first-order valence-electron chi connectivity index (χ1n) is 5.47. The van der Waals surface area contributed by atoms with E-state index >= 15 is 0 Å². The Morgan fingerprint density at radius 3 is 2.61 bits per heavy atom. The van der Waals surface area contributed by atoms with Crippen LogP contribution < -0.4 is 0 Å². The number of carboxylic acid groups (broad SMARTS) is 1. The molecule has 0 aromatic rings. The molecular weight excluding hydrogens is 262 g/mol. The van der Waals surface area contributed by atoms with E-state index in [-0.39, 0.29) is 29.9 Å². The predicted molar refractivity (Wildman–Crippen MR) is 66.2 cm³/mol. The molecule has 0 saturated carbocycles. The number of carboxylic acids is 1. The number of esters is 1. The van der Waals surface area contributed by atoms with Crippen molar-refractivity contribution in [2.75, 3.05) is 19.4 Å². The molecule has 18 heavy (non-hydrogen) atoms. The van der Waals surface area contributed by atoms with E-state index in [2.05, 4.69) is 4.74 Å². The van der Waals surface area contributed by atoms with E-state index in [1.807, 2.05) is 0 Å². The van der Waals surface area contributed by atoms with Gasteiger partial charge in [0.25, 0.3) is 0 Å². The Balaban J connectivity index is 3.88. The molecule has 1 N–H and O–H groups in total. The zero-order chi connectivity index (χ0) is 14.0. The largest absolute Gasteiger partial charge is 0.481 e. The maximum Gasteiger partial charge on any atom is 0.313 e. The number of nitro groups is 1. The van der Waals surface area contributed by atoms with Crippen LogP contribution in [0.4, 0.5) is 0 Å². The molecule has 0 fully saturated rings. The van der Waals surface area contributed by atoms with E-state index in [0.29, 0.717) is 19.3 Å². The second kappa shape index (κ2) is 9.69. The van der Waals surface area contributed by atoms with Crippen LogP contribution in [0.1, 0.15) is 25.7 Å². The highest BCUT2D eigenvalue weighted by Crippen LogP contribution is 2.18. The fourth-order valence-electron chi connectivity index (χ4n) is 1.33. The van der Waals surface area contributed by atoms with E-state index in [4.69, 9.17) is 5.11 Å². The Kier molecular flexibility index (Phi) is 8.99. The molecule has 0 aliphatic heterocycles. The van der Waals surface area contributed by atoms with E-state index in [0.717, 1.165) is 11.8 Å². The van der Waals surface area contributed by atoms with Crippen molar-refractivity contribution >= 4 is 23.7 Å². The summed E-state index contributed by atoms with van der Waals surface area (Å²) in [6.45, 7) is -0.254. The highest BCUT2D eigenvalue weighted by molar-refractivity contribution is 8.00. The summed E-state index contributed by atoms with van der Waals surface area (Å²) in [4.78, 5) is 31.2. The van der Waals surface area contributed by atoms with Crippen molar-refractivity contribution in [3.63, 3.8) is 0 Å². The summed E-state index contributed by atoms with van der Waals surface area (Å²) in [5.41, 5.74) is 0. The fourth-order valence-corrected chi connectivity index (χ4v) is 2.26. The number of unbranched alkanes of at least 4 members (excludes halogenated alkanes) is 1. The van der Waals surface area contributed by atoms with Gasteiger partial charge < -0.3 is 9.84 Å². The number of nitrogens with zero attached hydrogens (tertiary/aromatic N) is 1. The summed E-state index contributed by atoms with van der Waals surface area (Å²) >= 11 is 1.07. The quantitative estimate of drug-likeness (QED) is 0.277. The first-order valence-corrected chi connectivity index (χ1v) is 6.52. The molecule has 1 atom stereocenters. The van der Waals surface area contributed by atoms with Crippen LogP contribution in [-0.4, -0.2) is 46.6 Å². The van der Waals surface area contributed by atoms with Gasteiger partial charge in [0, 0.05) is 11.3 Å². The maximum absolute atomic E-state index is 10.8. The van der Waals surface area contributed by atoms with Gasteiger partial charge in [-0.1, -0.05) is 6.42 Å². The van der Waals surface area contributed by atoms with Gasteiger partial charge in [-0.3, -0.25) is 19.7 Å². The summed E-state index contributed by atoms with van der Waals surface area (Å²) in [6.07, 6.45) is 2.04. The van der Waals surface area contributed by atoms with Crippen LogP contribution in [0.25, 0.3) is 0 Å². The topological polar surface area (TPSA) is 107 Å². The van der Waals surface area contributed by atoms with Crippen LogP contribution in [0.15, 0.2) is 0 Å². The van der Waals surface area contributed by atoms with Gasteiger partial charge in [0.1, 0.15) is 0 Å². The van der Waals surface area contributed by atoms with Crippen LogP contribution in [-0.2, 0) is 14.3 Å². The van der Waals surface area contributed by atoms with Crippen molar-refractivity contribution in [3.05, 3.63) is 10.1 Å². The molecule has 0 spiro atoms. The molecule has 0 aliphatic carbocycles. The average Bonchev–Trinajstić information content (AvgIpc) is 2.30. The average molecular weight is 279 g/mol. The van der Waals surface area contributed by atoms with Crippen LogP contribution >= 0.6 is 11.8 Å². The molecule has 0 saturated heterocycles. The Morgan fingerprint density at radius 1 is 1.44 bits per heavy atom. The van der Waals surface area contributed by atoms with Crippen molar-refractivity contribution in [1.82, 2.24) is 0 Å². The third kappa shape index (κ3) is 9.88. The molecule has 0 aromatic carbocycles. The lowest BCUT2D eigenvalue weighted by atomic mass is 10.1. The monoisotopic (exact) mass is 279 g/mol. The summed E-state index contributed by atoms with van der Waals surface area (Å²) in [5.74, 6) is -1.43. The smallest absolute Gasteiger partial charge is 0.313 e.